The topological polar surface area (TPSA) is 137 Å². The first-order valence-electron chi connectivity index (χ1n) is 12.9. The van der Waals surface area contributed by atoms with Crippen molar-refractivity contribution >= 4 is 28.5 Å². The summed E-state index contributed by atoms with van der Waals surface area (Å²) in [5, 5.41) is 25.4. The van der Waals surface area contributed by atoms with Crippen molar-refractivity contribution in [2.75, 3.05) is 13.7 Å². The van der Waals surface area contributed by atoms with Crippen LogP contribution in [0.1, 0.15) is 53.3 Å². The van der Waals surface area contributed by atoms with E-state index >= 15 is 0 Å². The summed E-state index contributed by atoms with van der Waals surface area (Å²) in [5.41, 5.74) is -0.377. The highest BCUT2D eigenvalue weighted by Crippen LogP contribution is 2.65. The summed E-state index contributed by atoms with van der Waals surface area (Å²) in [5.74, 6) is -1.05. The molecular weight excluding hydrogens is 484 g/mol. The molecule has 1 saturated carbocycles. The van der Waals surface area contributed by atoms with E-state index in [1.165, 1.54) is 7.11 Å². The fourth-order valence-corrected chi connectivity index (χ4v) is 5.65. The van der Waals surface area contributed by atoms with Crippen LogP contribution < -0.4 is 10.6 Å². The van der Waals surface area contributed by atoms with Gasteiger partial charge in [0.15, 0.2) is 6.04 Å². The van der Waals surface area contributed by atoms with Gasteiger partial charge in [-0.2, -0.15) is 15.5 Å². The summed E-state index contributed by atoms with van der Waals surface area (Å²) in [6.07, 6.45) is 0.880. The standard InChI is InChI=1S/C28H36N6O4/c1-15(38-7)24(35)32-23(27(2,3)4)26(37)34-14-18-20(28(18,5)6)22(34)25(36)31-19(12-29)21-17-11-9-8-10-16(17)13-30-33-21/h8-11,13,15,18-20,22-23H,14H2,1-7H3,(H,31,36)(H,32,35)/t15-,18+,19?,20+,22+,23-/m1/s1. The van der Waals surface area contributed by atoms with Gasteiger partial charge in [-0.25, -0.2) is 0 Å². The van der Waals surface area contributed by atoms with Crippen LogP contribution in [0, 0.1) is 34.0 Å². The molecule has 38 heavy (non-hydrogen) atoms. The number of carbonyl (C=O) groups is 3. The lowest BCUT2D eigenvalue weighted by Gasteiger charge is -2.38. The van der Waals surface area contributed by atoms with Gasteiger partial charge in [0.25, 0.3) is 0 Å². The summed E-state index contributed by atoms with van der Waals surface area (Å²) >= 11 is 0. The second kappa shape index (κ2) is 9.95. The number of nitrogens with zero attached hydrogens (tertiary/aromatic N) is 4. The molecule has 0 spiro atoms. The molecule has 3 amide bonds. The zero-order valence-electron chi connectivity index (χ0n) is 23.0. The average molecular weight is 521 g/mol. The number of hydrogen-bond acceptors (Lipinski definition) is 7. The number of nitrogens with one attached hydrogen (secondary N) is 2. The third-order valence-electron chi connectivity index (χ3n) is 8.17. The zero-order chi connectivity index (χ0) is 28.0. The molecule has 1 aromatic heterocycles. The van der Waals surface area contributed by atoms with Crippen LogP contribution in [0.25, 0.3) is 10.8 Å². The third-order valence-corrected chi connectivity index (χ3v) is 8.17. The van der Waals surface area contributed by atoms with Crippen molar-refractivity contribution in [3.63, 3.8) is 0 Å². The van der Waals surface area contributed by atoms with E-state index in [-0.39, 0.29) is 23.2 Å². The molecule has 6 atom stereocenters. The minimum absolute atomic E-state index is 0.0568. The van der Waals surface area contributed by atoms with Crippen LogP contribution in [0.5, 0.6) is 0 Å². The van der Waals surface area contributed by atoms with Gasteiger partial charge in [-0.3, -0.25) is 14.4 Å². The van der Waals surface area contributed by atoms with Gasteiger partial charge >= 0.3 is 0 Å². The van der Waals surface area contributed by atoms with Crippen LogP contribution in [0.4, 0.5) is 0 Å². The molecule has 10 heteroatoms. The first-order chi connectivity index (χ1) is 17.8. The lowest BCUT2D eigenvalue weighted by molar-refractivity contribution is -0.147. The molecule has 1 unspecified atom stereocenters. The van der Waals surface area contributed by atoms with E-state index in [9.17, 15) is 19.6 Å². The normalized spacial score (nSPS) is 24.1. The minimum atomic E-state index is -1.04. The Morgan fingerprint density at radius 3 is 2.53 bits per heavy atom. The molecule has 1 saturated heterocycles. The number of nitriles is 1. The molecule has 0 radical (unpaired) electrons. The number of amides is 3. The van der Waals surface area contributed by atoms with Crippen molar-refractivity contribution in [2.45, 2.75) is 65.8 Å². The SMILES string of the molecule is CO[C@H](C)C(=O)N[C@H](C(=O)N1C[C@H]2[C@@H]([C@H]1C(=O)NC(C#N)c1nncc3ccccc13)C2(C)C)C(C)(C)C. The van der Waals surface area contributed by atoms with Crippen LogP contribution >= 0.6 is 0 Å². The van der Waals surface area contributed by atoms with E-state index < -0.39 is 41.5 Å². The van der Waals surface area contributed by atoms with Crippen LogP contribution in [-0.2, 0) is 19.1 Å². The fourth-order valence-electron chi connectivity index (χ4n) is 5.65. The molecule has 2 aliphatic rings. The largest absolute Gasteiger partial charge is 0.372 e. The van der Waals surface area contributed by atoms with Crippen molar-refractivity contribution in [1.29, 1.82) is 5.26 Å². The van der Waals surface area contributed by atoms with Gasteiger partial charge < -0.3 is 20.3 Å². The van der Waals surface area contributed by atoms with Gasteiger partial charge in [0.05, 0.1) is 12.3 Å². The molecular formula is C28H36N6O4. The number of benzene rings is 1. The number of ether oxygens (including phenoxy) is 1. The highest BCUT2D eigenvalue weighted by molar-refractivity contribution is 5.95. The van der Waals surface area contributed by atoms with E-state index in [1.54, 1.807) is 18.0 Å². The molecule has 0 bridgehead atoms. The van der Waals surface area contributed by atoms with Gasteiger partial charge in [-0.05, 0) is 29.6 Å². The van der Waals surface area contributed by atoms with Gasteiger partial charge in [0.1, 0.15) is 23.9 Å². The second-order valence-corrected chi connectivity index (χ2v) is 12.0. The fraction of sp³-hybridized carbons (Fsp3) is 0.571. The van der Waals surface area contributed by atoms with Crippen molar-refractivity contribution in [1.82, 2.24) is 25.7 Å². The molecule has 202 valence electrons. The average Bonchev–Trinajstić information content (AvgIpc) is 3.20. The molecule has 1 aliphatic heterocycles. The van der Waals surface area contributed by atoms with E-state index in [0.29, 0.717) is 12.2 Å². The third kappa shape index (κ3) is 4.83. The van der Waals surface area contributed by atoms with Crippen LogP contribution in [0.3, 0.4) is 0 Å². The van der Waals surface area contributed by atoms with Gasteiger partial charge in [0.2, 0.25) is 17.7 Å². The smallest absolute Gasteiger partial charge is 0.249 e. The Labute approximate surface area is 223 Å². The zero-order valence-corrected chi connectivity index (χ0v) is 23.0. The van der Waals surface area contributed by atoms with Crippen molar-refractivity contribution in [3.8, 4) is 6.07 Å². The Hall–Kier alpha value is -3.58. The van der Waals surface area contributed by atoms with Crippen molar-refractivity contribution < 1.29 is 19.1 Å². The highest BCUT2D eigenvalue weighted by atomic mass is 16.5. The lowest BCUT2D eigenvalue weighted by atomic mass is 9.85. The molecule has 10 nitrogen and oxygen atoms in total. The number of aromatic nitrogens is 2. The van der Waals surface area contributed by atoms with Crippen LogP contribution in [-0.4, -0.2) is 64.7 Å². The maximum atomic E-state index is 13.9. The molecule has 2 aromatic rings. The quantitative estimate of drug-likeness (QED) is 0.572. The van der Waals surface area contributed by atoms with E-state index in [1.807, 2.05) is 45.0 Å². The maximum Gasteiger partial charge on any atom is 0.249 e. The Morgan fingerprint density at radius 2 is 1.89 bits per heavy atom. The highest BCUT2D eigenvalue weighted by Gasteiger charge is 2.69. The maximum absolute atomic E-state index is 13.9. The number of rotatable bonds is 7. The lowest BCUT2D eigenvalue weighted by Crippen LogP contribution is -2.60. The van der Waals surface area contributed by atoms with Gasteiger partial charge in [0, 0.05) is 24.4 Å². The van der Waals surface area contributed by atoms with E-state index in [4.69, 9.17) is 4.74 Å². The number of likely N-dealkylation sites (tertiary alicyclic amines) is 1. The second-order valence-electron chi connectivity index (χ2n) is 12.0. The number of piperidine rings is 1. The van der Waals surface area contributed by atoms with Gasteiger partial charge in [-0.1, -0.05) is 58.9 Å². The summed E-state index contributed by atoms with van der Waals surface area (Å²) < 4.78 is 5.13. The molecule has 2 N–H and O–H groups in total. The predicted octanol–water partition coefficient (Wildman–Crippen LogP) is 2.36. The van der Waals surface area contributed by atoms with E-state index in [2.05, 4.69) is 40.7 Å². The van der Waals surface area contributed by atoms with Gasteiger partial charge in [-0.15, -0.1) is 0 Å². The first kappa shape index (κ1) is 27.5. The summed E-state index contributed by atoms with van der Waals surface area (Å²) in [6.45, 7) is 11.8. The Bertz CT molecular complexity index is 1290. The summed E-state index contributed by atoms with van der Waals surface area (Å²) in [7, 11) is 1.43. The van der Waals surface area contributed by atoms with Crippen LogP contribution in [0.15, 0.2) is 30.5 Å². The van der Waals surface area contributed by atoms with Crippen molar-refractivity contribution in [3.05, 3.63) is 36.2 Å². The Balaban J connectivity index is 1.62. The Kier molecular flexibility index (Phi) is 7.19. The summed E-state index contributed by atoms with van der Waals surface area (Å²) in [6, 6.07) is 6.86. The number of methoxy groups -OCH3 is 1. The number of hydrogen-bond donors (Lipinski definition) is 2. The molecule has 1 aliphatic carbocycles. The molecule has 1 aromatic carbocycles. The summed E-state index contributed by atoms with van der Waals surface area (Å²) in [4.78, 5) is 42.0. The Morgan fingerprint density at radius 1 is 1.21 bits per heavy atom. The predicted molar refractivity (Wildman–Crippen MR) is 140 cm³/mol. The molecule has 4 rings (SSSR count). The monoisotopic (exact) mass is 520 g/mol. The van der Waals surface area contributed by atoms with Crippen molar-refractivity contribution in [2.24, 2.45) is 22.7 Å². The molecule has 2 heterocycles. The minimum Gasteiger partial charge on any atom is -0.372 e. The number of fused-ring (bicyclic) bond motifs is 2. The molecule has 2 fully saturated rings. The number of carbonyl (C=O) groups excluding carboxylic acids is 3. The van der Waals surface area contributed by atoms with Crippen LogP contribution in [0.2, 0.25) is 0 Å². The first-order valence-corrected chi connectivity index (χ1v) is 12.9. The van der Waals surface area contributed by atoms with E-state index in [0.717, 1.165) is 10.8 Å².